The van der Waals surface area contributed by atoms with Gasteiger partial charge in [0, 0.05) is 13.1 Å². The Morgan fingerprint density at radius 2 is 1.52 bits per heavy atom. The summed E-state index contributed by atoms with van der Waals surface area (Å²) < 4.78 is 22.2. The first-order valence-corrected chi connectivity index (χ1v) is 10.5. The van der Waals surface area contributed by atoms with E-state index >= 15 is 0 Å². The van der Waals surface area contributed by atoms with Gasteiger partial charge in [0.2, 0.25) is 0 Å². The van der Waals surface area contributed by atoms with Crippen molar-refractivity contribution in [2.75, 3.05) is 52.7 Å². The van der Waals surface area contributed by atoms with Gasteiger partial charge in [0.15, 0.2) is 0 Å². The number of hydrogen-bond acceptors (Lipinski definition) is 7. The Morgan fingerprint density at radius 1 is 1.03 bits per heavy atom. The SMILES string of the molecule is O=C(O)c1c(OCC(Cl)C2COCCN2)cccc1OCC(Cl)C1COCCN1. The summed E-state index contributed by atoms with van der Waals surface area (Å²) in [5.41, 5.74) is -0.0547. The Balaban J connectivity index is 1.61. The number of aromatic carboxylic acids is 1. The molecule has 3 rings (SSSR count). The van der Waals surface area contributed by atoms with Gasteiger partial charge in [0.1, 0.15) is 30.3 Å². The molecule has 0 bridgehead atoms. The van der Waals surface area contributed by atoms with E-state index in [-0.39, 0.29) is 53.1 Å². The minimum Gasteiger partial charge on any atom is -0.491 e. The van der Waals surface area contributed by atoms with Crippen molar-refractivity contribution in [3.63, 3.8) is 0 Å². The van der Waals surface area contributed by atoms with Gasteiger partial charge in [-0.05, 0) is 12.1 Å². The van der Waals surface area contributed by atoms with Crippen LogP contribution >= 0.6 is 23.2 Å². The Labute approximate surface area is 179 Å². The van der Waals surface area contributed by atoms with Crippen LogP contribution in [0.15, 0.2) is 18.2 Å². The van der Waals surface area contributed by atoms with Crippen LogP contribution in [0.2, 0.25) is 0 Å². The third kappa shape index (κ3) is 6.34. The van der Waals surface area contributed by atoms with E-state index in [1.165, 1.54) is 0 Å². The highest BCUT2D eigenvalue weighted by Crippen LogP contribution is 2.29. The molecule has 0 spiro atoms. The molecular formula is C19H26Cl2N2O6. The molecule has 0 saturated carbocycles. The second-order valence-electron chi connectivity index (χ2n) is 6.86. The third-order valence-electron chi connectivity index (χ3n) is 4.77. The van der Waals surface area contributed by atoms with Gasteiger partial charge in [-0.1, -0.05) is 6.07 Å². The quantitative estimate of drug-likeness (QED) is 0.486. The number of carboxylic acid groups (broad SMARTS) is 1. The molecule has 10 heteroatoms. The first-order valence-electron chi connectivity index (χ1n) is 9.58. The van der Waals surface area contributed by atoms with Crippen LogP contribution in [0.1, 0.15) is 10.4 Å². The molecule has 3 N–H and O–H groups in total. The van der Waals surface area contributed by atoms with Gasteiger partial charge >= 0.3 is 5.97 Å². The average molecular weight is 449 g/mol. The lowest BCUT2D eigenvalue weighted by atomic mass is 10.1. The summed E-state index contributed by atoms with van der Waals surface area (Å²) in [5.74, 6) is -0.753. The van der Waals surface area contributed by atoms with Crippen molar-refractivity contribution in [3.8, 4) is 11.5 Å². The lowest BCUT2D eigenvalue weighted by molar-refractivity contribution is 0.0662. The van der Waals surface area contributed by atoms with Crippen LogP contribution < -0.4 is 20.1 Å². The molecule has 2 aliphatic heterocycles. The molecule has 1 aromatic carbocycles. The molecule has 4 unspecified atom stereocenters. The molecule has 8 nitrogen and oxygen atoms in total. The fourth-order valence-electron chi connectivity index (χ4n) is 3.17. The van der Waals surface area contributed by atoms with E-state index in [4.69, 9.17) is 42.1 Å². The largest absolute Gasteiger partial charge is 0.491 e. The normalized spacial score (nSPS) is 24.5. The summed E-state index contributed by atoms with van der Waals surface area (Å²) in [4.78, 5) is 11.8. The van der Waals surface area contributed by atoms with Crippen LogP contribution in [0.3, 0.4) is 0 Å². The number of morpholine rings is 2. The number of halogens is 2. The van der Waals surface area contributed by atoms with E-state index in [1.807, 2.05) is 0 Å². The molecule has 2 aliphatic rings. The zero-order chi connectivity index (χ0) is 20.6. The van der Waals surface area contributed by atoms with E-state index < -0.39 is 5.97 Å². The number of carboxylic acids is 1. The second kappa shape index (κ2) is 11.2. The van der Waals surface area contributed by atoms with Crippen LogP contribution in [0.25, 0.3) is 0 Å². The standard InChI is InChI=1S/C19H26Cl2N2O6/c20-12(14-10-26-6-4-22-14)8-28-16-2-1-3-17(18(16)19(24)25)29-9-13(21)15-11-27-7-5-23-15/h1-3,12-15,22-23H,4-11H2,(H,24,25). The minimum atomic E-state index is -1.15. The van der Waals surface area contributed by atoms with Crippen molar-refractivity contribution < 1.29 is 28.8 Å². The van der Waals surface area contributed by atoms with E-state index in [0.717, 1.165) is 13.1 Å². The number of benzene rings is 1. The summed E-state index contributed by atoms with van der Waals surface area (Å²) in [6.07, 6.45) is 0. The fourth-order valence-corrected chi connectivity index (χ4v) is 3.62. The molecule has 162 valence electrons. The highest BCUT2D eigenvalue weighted by atomic mass is 35.5. The van der Waals surface area contributed by atoms with E-state index in [2.05, 4.69) is 10.6 Å². The van der Waals surface area contributed by atoms with Crippen molar-refractivity contribution in [2.24, 2.45) is 0 Å². The maximum Gasteiger partial charge on any atom is 0.343 e. The monoisotopic (exact) mass is 448 g/mol. The number of alkyl halides is 2. The number of hydrogen-bond donors (Lipinski definition) is 3. The van der Waals surface area contributed by atoms with Crippen LogP contribution in [0.4, 0.5) is 0 Å². The Hall–Kier alpha value is -1.29. The molecule has 0 aromatic heterocycles. The maximum absolute atomic E-state index is 11.8. The van der Waals surface area contributed by atoms with Crippen molar-refractivity contribution in [3.05, 3.63) is 23.8 Å². The van der Waals surface area contributed by atoms with Gasteiger partial charge in [0.25, 0.3) is 0 Å². The van der Waals surface area contributed by atoms with Crippen LogP contribution in [-0.4, -0.2) is 86.6 Å². The topological polar surface area (TPSA) is 98.3 Å². The van der Waals surface area contributed by atoms with E-state index in [1.54, 1.807) is 18.2 Å². The molecule has 29 heavy (non-hydrogen) atoms. The summed E-state index contributed by atoms with van der Waals surface area (Å²) in [6, 6.07) is 4.73. The van der Waals surface area contributed by atoms with Crippen LogP contribution in [-0.2, 0) is 9.47 Å². The Morgan fingerprint density at radius 3 is 1.90 bits per heavy atom. The predicted molar refractivity (Wildman–Crippen MR) is 109 cm³/mol. The van der Waals surface area contributed by atoms with Gasteiger partial charge in [-0.2, -0.15) is 0 Å². The zero-order valence-corrected chi connectivity index (χ0v) is 17.5. The lowest BCUT2D eigenvalue weighted by Gasteiger charge is -2.28. The summed E-state index contributed by atoms with van der Waals surface area (Å²) >= 11 is 12.8. The second-order valence-corrected chi connectivity index (χ2v) is 7.98. The first kappa shape index (κ1) is 22.4. The highest BCUT2D eigenvalue weighted by Gasteiger charge is 2.26. The van der Waals surface area contributed by atoms with Crippen molar-refractivity contribution in [1.29, 1.82) is 0 Å². The molecule has 1 aromatic rings. The van der Waals surface area contributed by atoms with E-state index in [0.29, 0.717) is 26.4 Å². The average Bonchev–Trinajstić information content (AvgIpc) is 2.76. The zero-order valence-electron chi connectivity index (χ0n) is 15.9. The first-order chi connectivity index (χ1) is 14.1. The molecule has 2 heterocycles. The minimum absolute atomic E-state index is 0.0547. The van der Waals surface area contributed by atoms with Gasteiger partial charge in [-0.25, -0.2) is 4.79 Å². The molecule has 0 aliphatic carbocycles. The van der Waals surface area contributed by atoms with Crippen molar-refractivity contribution in [2.45, 2.75) is 22.8 Å². The molecule has 0 radical (unpaired) electrons. The summed E-state index contributed by atoms with van der Waals surface area (Å²) in [7, 11) is 0. The summed E-state index contributed by atoms with van der Waals surface area (Å²) in [5, 5.41) is 15.5. The molecule has 4 atom stereocenters. The number of ether oxygens (including phenoxy) is 4. The molecule has 2 saturated heterocycles. The number of nitrogens with one attached hydrogen (secondary N) is 2. The predicted octanol–water partition coefficient (Wildman–Crippen LogP) is 1.33. The number of carbonyl (C=O) groups is 1. The number of rotatable bonds is 9. The van der Waals surface area contributed by atoms with Gasteiger partial charge in [0.05, 0.1) is 49.3 Å². The molecular weight excluding hydrogens is 423 g/mol. The van der Waals surface area contributed by atoms with Gasteiger partial charge in [-0.3, -0.25) is 0 Å². The Kier molecular flexibility index (Phi) is 8.65. The van der Waals surface area contributed by atoms with Gasteiger partial charge in [-0.15, -0.1) is 23.2 Å². The third-order valence-corrected chi connectivity index (χ3v) is 5.63. The van der Waals surface area contributed by atoms with Crippen molar-refractivity contribution >= 4 is 29.2 Å². The van der Waals surface area contributed by atoms with Crippen LogP contribution in [0, 0.1) is 0 Å². The van der Waals surface area contributed by atoms with Gasteiger partial charge < -0.3 is 34.7 Å². The van der Waals surface area contributed by atoms with Crippen LogP contribution in [0.5, 0.6) is 11.5 Å². The van der Waals surface area contributed by atoms with E-state index in [9.17, 15) is 9.90 Å². The Bertz CT molecular complexity index is 622. The smallest absolute Gasteiger partial charge is 0.343 e. The highest BCUT2D eigenvalue weighted by molar-refractivity contribution is 6.21. The molecule has 0 amide bonds. The summed E-state index contributed by atoms with van der Waals surface area (Å²) in [6.45, 7) is 3.98. The van der Waals surface area contributed by atoms with Crippen molar-refractivity contribution in [1.82, 2.24) is 10.6 Å². The molecule has 2 fully saturated rings. The maximum atomic E-state index is 11.8. The fraction of sp³-hybridized carbons (Fsp3) is 0.632. The lowest BCUT2D eigenvalue weighted by Crippen LogP contribution is -2.48.